The topological polar surface area (TPSA) is 82.0 Å². The van der Waals surface area contributed by atoms with Crippen LogP contribution in [-0.2, 0) is 9.47 Å². The molecular weight excluding hydrogens is 356 g/mol. The maximum atomic E-state index is 12.6. The van der Waals surface area contributed by atoms with Crippen molar-refractivity contribution in [1.29, 1.82) is 0 Å². The highest BCUT2D eigenvalue weighted by Gasteiger charge is 2.22. The fourth-order valence-electron chi connectivity index (χ4n) is 3.44. The van der Waals surface area contributed by atoms with Crippen molar-refractivity contribution in [2.45, 2.75) is 13.0 Å². The molecule has 0 bridgehead atoms. The molecule has 1 aliphatic carbocycles. The molecule has 0 radical (unpaired) electrons. The molecule has 0 aromatic carbocycles. The van der Waals surface area contributed by atoms with Gasteiger partial charge in [-0.25, -0.2) is 4.98 Å². The summed E-state index contributed by atoms with van der Waals surface area (Å²) in [6.07, 6.45) is 13.0. The van der Waals surface area contributed by atoms with Gasteiger partial charge in [-0.05, 0) is 17.7 Å². The Morgan fingerprint density at radius 1 is 1.32 bits per heavy atom. The standard InChI is InChI=1S/C21H22N4O3/c1-14-10-15(5-6-18(14)28-9-8-27-2)17-12-25(16-4-3-7-22-11-16)20-19(17)21(26)24-13-23-20/h3-7,10-14,18H,8-9H2,1-2H3,(H,23,24,26). The Labute approximate surface area is 162 Å². The van der Waals surface area contributed by atoms with E-state index in [1.807, 2.05) is 35.0 Å². The summed E-state index contributed by atoms with van der Waals surface area (Å²) in [5.41, 5.74) is 3.11. The average molecular weight is 378 g/mol. The second kappa shape index (κ2) is 7.92. The van der Waals surface area contributed by atoms with Crippen LogP contribution >= 0.6 is 0 Å². The molecule has 144 valence electrons. The normalized spacial score (nSPS) is 19.1. The summed E-state index contributed by atoms with van der Waals surface area (Å²) in [5, 5.41) is 0.563. The second-order valence-electron chi connectivity index (χ2n) is 6.72. The van der Waals surface area contributed by atoms with Crippen molar-refractivity contribution in [3.05, 3.63) is 71.2 Å². The van der Waals surface area contributed by atoms with Gasteiger partial charge < -0.3 is 14.5 Å². The van der Waals surface area contributed by atoms with Crippen molar-refractivity contribution in [3.8, 4) is 5.69 Å². The third-order valence-corrected chi connectivity index (χ3v) is 4.85. The number of ether oxygens (including phenoxy) is 2. The van der Waals surface area contributed by atoms with E-state index in [4.69, 9.17) is 9.47 Å². The van der Waals surface area contributed by atoms with Gasteiger partial charge in [0.25, 0.3) is 5.56 Å². The predicted molar refractivity (Wildman–Crippen MR) is 107 cm³/mol. The molecule has 7 nitrogen and oxygen atoms in total. The van der Waals surface area contributed by atoms with Crippen LogP contribution in [0.15, 0.2) is 60.1 Å². The Bertz CT molecular complexity index is 1080. The van der Waals surface area contributed by atoms with Gasteiger partial charge in [-0.15, -0.1) is 0 Å². The fraction of sp³-hybridized carbons (Fsp3) is 0.286. The lowest BCUT2D eigenvalue weighted by Gasteiger charge is -2.23. The Morgan fingerprint density at radius 3 is 2.96 bits per heavy atom. The molecule has 0 fully saturated rings. The number of H-pyrrole nitrogens is 1. The lowest BCUT2D eigenvalue weighted by molar-refractivity contribution is 0.0242. The maximum Gasteiger partial charge on any atom is 0.260 e. The third-order valence-electron chi connectivity index (χ3n) is 4.85. The molecule has 0 saturated heterocycles. The quantitative estimate of drug-likeness (QED) is 0.667. The minimum absolute atomic E-state index is 0.0121. The molecule has 3 aromatic heterocycles. The molecule has 2 atom stereocenters. The molecule has 2 unspecified atom stereocenters. The Hall–Kier alpha value is -3.03. The van der Waals surface area contributed by atoms with Gasteiger partial charge in [-0.3, -0.25) is 14.3 Å². The van der Waals surface area contributed by atoms with E-state index >= 15 is 0 Å². The highest BCUT2D eigenvalue weighted by molar-refractivity contribution is 5.94. The molecular formula is C21H22N4O3. The zero-order chi connectivity index (χ0) is 19.5. The largest absolute Gasteiger partial charge is 0.382 e. The van der Waals surface area contributed by atoms with E-state index in [1.54, 1.807) is 19.5 Å². The van der Waals surface area contributed by atoms with Gasteiger partial charge in [0.2, 0.25) is 0 Å². The smallest absolute Gasteiger partial charge is 0.260 e. The van der Waals surface area contributed by atoms with Gasteiger partial charge in [0.15, 0.2) is 5.65 Å². The summed E-state index contributed by atoms with van der Waals surface area (Å²) in [7, 11) is 1.66. The van der Waals surface area contributed by atoms with Gasteiger partial charge in [0, 0.05) is 31.0 Å². The molecule has 3 aromatic rings. The first-order valence-electron chi connectivity index (χ1n) is 9.19. The number of rotatable bonds is 6. The zero-order valence-electron chi connectivity index (χ0n) is 15.8. The summed E-state index contributed by atoms with van der Waals surface area (Å²) in [6, 6.07) is 3.80. The minimum atomic E-state index is -0.164. The summed E-state index contributed by atoms with van der Waals surface area (Å²) in [5.74, 6) is 0.171. The Kier molecular flexibility index (Phi) is 5.18. The van der Waals surface area contributed by atoms with Crippen LogP contribution in [0.1, 0.15) is 12.5 Å². The van der Waals surface area contributed by atoms with Crippen LogP contribution < -0.4 is 5.56 Å². The van der Waals surface area contributed by atoms with Gasteiger partial charge in [-0.1, -0.05) is 25.2 Å². The fourth-order valence-corrected chi connectivity index (χ4v) is 3.44. The number of allylic oxidation sites excluding steroid dienone is 2. The highest BCUT2D eigenvalue weighted by Crippen LogP contribution is 2.31. The number of aromatic amines is 1. The third kappa shape index (κ3) is 3.42. The van der Waals surface area contributed by atoms with E-state index in [9.17, 15) is 4.79 Å². The summed E-state index contributed by atoms with van der Waals surface area (Å²) in [6.45, 7) is 3.21. The lowest BCUT2D eigenvalue weighted by atomic mass is 9.91. The summed E-state index contributed by atoms with van der Waals surface area (Å²) in [4.78, 5) is 23.9. The summed E-state index contributed by atoms with van der Waals surface area (Å²) >= 11 is 0. The second-order valence-corrected chi connectivity index (χ2v) is 6.72. The molecule has 1 aliphatic rings. The molecule has 28 heavy (non-hydrogen) atoms. The van der Waals surface area contributed by atoms with E-state index in [0.717, 1.165) is 16.8 Å². The number of hydrogen-bond acceptors (Lipinski definition) is 5. The van der Waals surface area contributed by atoms with Gasteiger partial charge >= 0.3 is 0 Å². The number of aromatic nitrogens is 4. The first-order valence-corrected chi connectivity index (χ1v) is 9.19. The first kappa shape index (κ1) is 18.3. The number of methoxy groups -OCH3 is 1. The molecule has 0 saturated carbocycles. The Balaban J connectivity index is 1.75. The molecule has 4 rings (SSSR count). The predicted octanol–water partition coefficient (Wildman–Crippen LogP) is 2.73. The van der Waals surface area contributed by atoms with Crippen LogP contribution in [0.2, 0.25) is 0 Å². The molecule has 1 N–H and O–H groups in total. The van der Waals surface area contributed by atoms with Crippen molar-refractivity contribution < 1.29 is 9.47 Å². The van der Waals surface area contributed by atoms with E-state index in [0.29, 0.717) is 24.2 Å². The van der Waals surface area contributed by atoms with Crippen molar-refractivity contribution in [3.63, 3.8) is 0 Å². The zero-order valence-corrected chi connectivity index (χ0v) is 15.8. The van der Waals surface area contributed by atoms with Crippen molar-refractivity contribution in [1.82, 2.24) is 19.5 Å². The average Bonchev–Trinajstić information content (AvgIpc) is 3.11. The van der Waals surface area contributed by atoms with Crippen molar-refractivity contribution in [2.75, 3.05) is 20.3 Å². The van der Waals surface area contributed by atoms with Crippen LogP contribution in [0, 0.1) is 5.92 Å². The summed E-state index contributed by atoms with van der Waals surface area (Å²) < 4.78 is 12.8. The van der Waals surface area contributed by atoms with Crippen LogP contribution in [0.3, 0.4) is 0 Å². The van der Waals surface area contributed by atoms with Crippen LogP contribution in [-0.4, -0.2) is 45.9 Å². The van der Waals surface area contributed by atoms with E-state index < -0.39 is 0 Å². The maximum absolute atomic E-state index is 12.6. The molecule has 3 heterocycles. The Morgan fingerprint density at radius 2 is 2.21 bits per heavy atom. The number of fused-ring (bicyclic) bond motifs is 1. The van der Waals surface area contributed by atoms with Crippen molar-refractivity contribution >= 4 is 16.6 Å². The number of hydrogen-bond donors (Lipinski definition) is 1. The number of nitrogens with zero attached hydrogens (tertiary/aromatic N) is 3. The van der Waals surface area contributed by atoms with E-state index in [1.165, 1.54) is 6.33 Å². The number of nitrogens with one attached hydrogen (secondary N) is 1. The van der Waals surface area contributed by atoms with Crippen molar-refractivity contribution in [2.24, 2.45) is 5.92 Å². The monoisotopic (exact) mass is 378 g/mol. The molecule has 0 spiro atoms. The SMILES string of the molecule is COCCOC1C=CC(c2cn(-c3cccnc3)c3nc[nH]c(=O)c23)=CC1C. The highest BCUT2D eigenvalue weighted by atomic mass is 16.5. The van der Waals surface area contributed by atoms with Gasteiger partial charge in [0.05, 0.1) is 42.9 Å². The number of pyridine rings is 1. The van der Waals surface area contributed by atoms with Crippen LogP contribution in [0.25, 0.3) is 22.3 Å². The van der Waals surface area contributed by atoms with Crippen LogP contribution in [0.4, 0.5) is 0 Å². The minimum Gasteiger partial charge on any atom is -0.382 e. The van der Waals surface area contributed by atoms with Crippen LogP contribution in [0.5, 0.6) is 0 Å². The first-order chi connectivity index (χ1) is 13.7. The van der Waals surface area contributed by atoms with E-state index in [2.05, 4.69) is 28.0 Å². The lowest BCUT2D eigenvalue weighted by Crippen LogP contribution is -2.22. The molecule has 0 amide bonds. The van der Waals surface area contributed by atoms with E-state index in [-0.39, 0.29) is 17.6 Å². The van der Waals surface area contributed by atoms with Gasteiger partial charge in [0.1, 0.15) is 0 Å². The molecule has 0 aliphatic heterocycles. The molecule has 7 heteroatoms. The van der Waals surface area contributed by atoms with Gasteiger partial charge in [-0.2, -0.15) is 0 Å².